The van der Waals surface area contributed by atoms with E-state index < -0.39 is 29.7 Å². The zero-order valence-corrected chi connectivity index (χ0v) is 32.3. The highest BCUT2D eigenvalue weighted by Crippen LogP contribution is 2.33. The average Bonchev–Trinajstić information content (AvgIpc) is 4.02. The summed E-state index contributed by atoms with van der Waals surface area (Å²) < 4.78 is 5.58. The lowest BCUT2D eigenvalue weighted by Crippen LogP contribution is -2.54. The van der Waals surface area contributed by atoms with E-state index in [-0.39, 0.29) is 24.3 Å². The third-order valence-corrected chi connectivity index (χ3v) is 12.1. The Hall–Kier alpha value is -6.22. The second-order valence-corrected chi connectivity index (χ2v) is 15.9. The number of benzene rings is 3. The third-order valence-electron chi connectivity index (χ3n) is 12.1. The van der Waals surface area contributed by atoms with Crippen LogP contribution >= 0.6 is 0 Å². The van der Waals surface area contributed by atoms with Crippen LogP contribution in [-0.2, 0) is 22.6 Å². The van der Waals surface area contributed by atoms with Gasteiger partial charge in [-0.2, -0.15) is 4.98 Å². The van der Waals surface area contributed by atoms with Gasteiger partial charge in [-0.25, -0.2) is 4.98 Å². The van der Waals surface area contributed by atoms with Gasteiger partial charge in [0.1, 0.15) is 11.9 Å². The molecule has 3 fully saturated rings. The smallest absolute Gasteiger partial charge is 0.262 e. The van der Waals surface area contributed by atoms with Crippen LogP contribution in [0.3, 0.4) is 0 Å². The van der Waals surface area contributed by atoms with Gasteiger partial charge in [0.25, 0.3) is 23.6 Å². The highest BCUT2D eigenvalue weighted by molar-refractivity contribution is 6.23. The van der Waals surface area contributed by atoms with Gasteiger partial charge in [0, 0.05) is 54.5 Å². The number of imide groups is 2. The second kappa shape index (κ2) is 15.6. The Labute approximate surface area is 334 Å². The number of rotatable bonds is 11. The molecule has 298 valence electrons. The average molecular weight is 784 g/mol. The van der Waals surface area contributed by atoms with Crippen molar-refractivity contribution in [1.29, 1.82) is 0 Å². The van der Waals surface area contributed by atoms with Crippen molar-refractivity contribution < 1.29 is 28.5 Å². The molecule has 3 saturated heterocycles. The molecule has 3 N–H and O–H groups in total. The molecule has 3 aromatic carbocycles. The monoisotopic (exact) mass is 783 g/mol. The summed E-state index contributed by atoms with van der Waals surface area (Å²) >= 11 is 0. The SMILES string of the molecule is C[C@H]1CCCN1Cc1nc2ccc(NC(=O)c3ccc(-c4nc(CCCC5CCN(c6ccc7c(c6)C(=O)N(C6CCC(=O)NC6=O)C7=O)CC5)no4)cc3)cc2[nH]1. The van der Waals surface area contributed by atoms with Crippen molar-refractivity contribution in [3.05, 3.63) is 89.0 Å². The fourth-order valence-corrected chi connectivity index (χ4v) is 8.76. The van der Waals surface area contributed by atoms with E-state index in [4.69, 9.17) is 9.51 Å². The Kier molecular flexibility index (Phi) is 10.1. The Morgan fingerprint density at radius 3 is 2.48 bits per heavy atom. The number of nitrogens with zero attached hydrogens (tertiary/aromatic N) is 6. The molecular formula is C43H45N9O6. The van der Waals surface area contributed by atoms with Crippen molar-refractivity contribution in [2.45, 2.75) is 83.3 Å². The van der Waals surface area contributed by atoms with Crippen molar-refractivity contribution in [1.82, 2.24) is 35.2 Å². The van der Waals surface area contributed by atoms with Crippen LogP contribution < -0.4 is 15.5 Å². The van der Waals surface area contributed by atoms with E-state index >= 15 is 0 Å². The number of piperidine rings is 2. The molecule has 0 radical (unpaired) electrons. The molecule has 0 spiro atoms. The standard InChI is InChI=1S/C43H45N9O6/c1-25-4-3-19-51(25)24-37-45-33-14-11-29(22-34(33)46-37)44-39(54)27-7-9-28(10-8-27)41-47-36(49-58-41)6-2-5-26-17-20-50(21-18-26)30-12-13-31-32(23-30)43(57)52(42(31)56)35-15-16-38(53)48-40(35)55/h7-14,22-23,25-26,35H,2-6,15-21,24H2,1H3,(H,44,54)(H,45,46)(H,48,53,55)/t25-,35?/m0/s1. The lowest BCUT2D eigenvalue weighted by Gasteiger charge is -2.33. The minimum absolute atomic E-state index is 0.0871. The quantitative estimate of drug-likeness (QED) is 0.144. The summed E-state index contributed by atoms with van der Waals surface area (Å²) in [7, 11) is 0. The highest BCUT2D eigenvalue weighted by atomic mass is 16.5. The van der Waals surface area contributed by atoms with Crippen LogP contribution in [0.15, 0.2) is 65.2 Å². The molecule has 15 heteroatoms. The summed E-state index contributed by atoms with van der Waals surface area (Å²) in [4.78, 5) is 81.9. The number of likely N-dealkylation sites (tertiary alicyclic amines) is 1. The Balaban J connectivity index is 0.732. The number of anilines is 2. The van der Waals surface area contributed by atoms with Gasteiger partial charge >= 0.3 is 0 Å². The molecular weight excluding hydrogens is 739 g/mol. The zero-order chi connectivity index (χ0) is 39.9. The molecule has 0 saturated carbocycles. The normalized spacial score (nSPS) is 20.3. The summed E-state index contributed by atoms with van der Waals surface area (Å²) in [5.74, 6) is 0.303. The second-order valence-electron chi connectivity index (χ2n) is 15.9. The van der Waals surface area contributed by atoms with E-state index in [1.807, 2.05) is 36.4 Å². The number of carbonyl (C=O) groups is 5. The number of hydrogen-bond donors (Lipinski definition) is 3. The summed E-state index contributed by atoms with van der Waals surface area (Å²) in [6.07, 6.45) is 7.25. The maximum atomic E-state index is 13.3. The van der Waals surface area contributed by atoms with Crippen LogP contribution in [0.1, 0.15) is 101 Å². The number of aromatic amines is 1. The molecule has 6 heterocycles. The van der Waals surface area contributed by atoms with Gasteiger partial charge in [-0.1, -0.05) is 5.16 Å². The molecule has 4 aliphatic heterocycles. The molecule has 5 aromatic rings. The number of aryl methyl sites for hydroxylation is 1. The molecule has 15 nitrogen and oxygen atoms in total. The largest absolute Gasteiger partial charge is 0.371 e. The van der Waals surface area contributed by atoms with Crippen LogP contribution in [0.25, 0.3) is 22.5 Å². The minimum Gasteiger partial charge on any atom is -0.371 e. The van der Waals surface area contributed by atoms with Crippen LogP contribution in [-0.4, -0.2) is 91.2 Å². The first-order chi connectivity index (χ1) is 28.2. The zero-order valence-electron chi connectivity index (χ0n) is 32.3. The summed E-state index contributed by atoms with van der Waals surface area (Å²) in [5, 5.41) is 9.44. The predicted molar refractivity (Wildman–Crippen MR) is 214 cm³/mol. The number of amides is 5. The van der Waals surface area contributed by atoms with Crippen LogP contribution in [0.4, 0.5) is 11.4 Å². The molecule has 4 aliphatic rings. The molecule has 5 amide bonds. The van der Waals surface area contributed by atoms with Gasteiger partial charge < -0.3 is 19.7 Å². The third kappa shape index (κ3) is 7.49. The lowest BCUT2D eigenvalue weighted by molar-refractivity contribution is -0.136. The number of aromatic nitrogens is 4. The van der Waals surface area contributed by atoms with Gasteiger partial charge in [0.2, 0.25) is 11.8 Å². The summed E-state index contributed by atoms with van der Waals surface area (Å²) in [5.41, 5.74) is 5.17. The molecule has 9 rings (SSSR count). The number of imidazole rings is 1. The minimum atomic E-state index is -0.978. The molecule has 2 aromatic heterocycles. The molecule has 0 bridgehead atoms. The number of H-pyrrole nitrogens is 1. The number of fused-ring (bicyclic) bond motifs is 2. The van der Waals surface area contributed by atoms with Crippen LogP contribution in [0, 0.1) is 5.92 Å². The lowest BCUT2D eigenvalue weighted by atomic mass is 9.91. The fourth-order valence-electron chi connectivity index (χ4n) is 8.76. The van der Waals surface area contributed by atoms with Crippen molar-refractivity contribution in [2.24, 2.45) is 5.92 Å². The van der Waals surface area contributed by atoms with Crippen molar-refractivity contribution in [2.75, 3.05) is 29.9 Å². The van der Waals surface area contributed by atoms with E-state index in [2.05, 4.69) is 42.5 Å². The van der Waals surface area contributed by atoms with Crippen LogP contribution in [0.5, 0.6) is 0 Å². The predicted octanol–water partition coefficient (Wildman–Crippen LogP) is 5.49. The van der Waals surface area contributed by atoms with Gasteiger partial charge in [-0.3, -0.25) is 39.1 Å². The molecule has 2 atom stereocenters. The Morgan fingerprint density at radius 1 is 0.897 bits per heavy atom. The van der Waals surface area contributed by atoms with Crippen LogP contribution in [0.2, 0.25) is 0 Å². The first-order valence-electron chi connectivity index (χ1n) is 20.2. The molecule has 1 unspecified atom stereocenters. The number of hydrogen-bond acceptors (Lipinski definition) is 11. The maximum Gasteiger partial charge on any atom is 0.262 e. The van der Waals surface area contributed by atoms with Crippen molar-refractivity contribution >= 4 is 51.9 Å². The van der Waals surface area contributed by atoms with E-state index in [0.29, 0.717) is 46.9 Å². The van der Waals surface area contributed by atoms with Gasteiger partial charge in [0.05, 0.1) is 28.7 Å². The van der Waals surface area contributed by atoms with Gasteiger partial charge in [-0.05, 0) is 125 Å². The first-order valence-corrected chi connectivity index (χ1v) is 20.2. The van der Waals surface area contributed by atoms with E-state index in [1.165, 1.54) is 12.8 Å². The number of nitrogens with one attached hydrogen (secondary N) is 3. The van der Waals surface area contributed by atoms with E-state index in [1.54, 1.807) is 24.3 Å². The number of carbonyl (C=O) groups excluding carboxylic acids is 5. The van der Waals surface area contributed by atoms with Gasteiger partial charge in [-0.15, -0.1) is 0 Å². The maximum absolute atomic E-state index is 13.3. The van der Waals surface area contributed by atoms with E-state index in [9.17, 15) is 24.0 Å². The highest BCUT2D eigenvalue weighted by Gasteiger charge is 2.45. The molecule has 0 aliphatic carbocycles. The van der Waals surface area contributed by atoms with Gasteiger partial charge in [0.15, 0.2) is 5.82 Å². The summed E-state index contributed by atoms with van der Waals surface area (Å²) in [6, 6.07) is 17.7. The van der Waals surface area contributed by atoms with Crippen molar-refractivity contribution in [3.8, 4) is 11.5 Å². The molecule has 58 heavy (non-hydrogen) atoms. The fraction of sp³-hybridized carbons (Fsp3) is 0.395. The Morgan fingerprint density at radius 2 is 1.71 bits per heavy atom. The first kappa shape index (κ1) is 37.4. The van der Waals surface area contributed by atoms with E-state index in [0.717, 1.165) is 84.9 Å². The summed E-state index contributed by atoms with van der Waals surface area (Å²) in [6.45, 7) is 5.78. The topological polar surface area (TPSA) is 187 Å². The Bertz CT molecular complexity index is 2410. The van der Waals surface area contributed by atoms with Crippen molar-refractivity contribution in [3.63, 3.8) is 0 Å².